The normalized spacial score (nSPS) is 16.0. The second kappa shape index (κ2) is 6.18. The zero-order chi connectivity index (χ0) is 16.4. The Kier molecular flexibility index (Phi) is 4.08. The van der Waals surface area contributed by atoms with Crippen LogP contribution in [0.15, 0.2) is 48.2 Å². The van der Waals surface area contributed by atoms with E-state index in [0.29, 0.717) is 5.70 Å². The molecule has 0 spiro atoms. The summed E-state index contributed by atoms with van der Waals surface area (Å²) in [5, 5.41) is 5.18. The number of rotatable bonds is 3. The Morgan fingerprint density at radius 2 is 2.00 bits per heavy atom. The standard InChI is InChI=1S/C17H14N2O3S/c1-22-15(20)10-19-16(21)14(18-17(19)23)9-12-7-4-6-11-5-2-3-8-13(11)12/h2-9H,10H2,1H3,(H,18,23)/b14-9-. The monoisotopic (exact) mass is 326 g/mol. The summed E-state index contributed by atoms with van der Waals surface area (Å²) in [6.45, 7) is -0.200. The molecule has 0 atom stereocenters. The molecule has 1 aliphatic rings. The van der Waals surface area contributed by atoms with Gasteiger partial charge in [-0.05, 0) is 34.6 Å². The minimum atomic E-state index is -0.520. The largest absolute Gasteiger partial charge is 0.468 e. The summed E-state index contributed by atoms with van der Waals surface area (Å²) in [6.07, 6.45) is 1.74. The molecule has 0 aliphatic carbocycles. The number of ether oxygens (including phenoxy) is 1. The lowest BCUT2D eigenvalue weighted by molar-refractivity contribution is -0.143. The van der Waals surface area contributed by atoms with E-state index in [0.717, 1.165) is 16.3 Å². The van der Waals surface area contributed by atoms with Crippen LogP contribution in [-0.2, 0) is 14.3 Å². The van der Waals surface area contributed by atoms with Crippen LogP contribution >= 0.6 is 12.2 Å². The van der Waals surface area contributed by atoms with Gasteiger partial charge in [0, 0.05) is 0 Å². The Bertz CT molecular complexity index is 839. The van der Waals surface area contributed by atoms with E-state index in [1.807, 2.05) is 42.5 Å². The number of fused-ring (bicyclic) bond motifs is 1. The number of carbonyl (C=O) groups is 2. The minimum Gasteiger partial charge on any atom is -0.468 e. The molecule has 1 fully saturated rings. The maximum atomic E-state index is 12.4. The highest BCUT2D eigenvalue weighted by atomic mass is 32.1. The number of nitrogens with one attached hydrogen (secondary N) is 1. The van der Waals surface area contributed by atoms with Gasteiger partial charge in [-0.3, -0.25) is 14.5 Å². The fourth-order valence-corrected chi connectivity index (χ4v) is 2.70. The van der Waals surface area contributed by atoms with Gasteiger partial charge in [-0.25, -0.2) is 0 Å². The molecule has 0 radical (unpaired) electrons. The summed E-state index contributed by atoms with van der Waals surface area (Å²) in [5.74, 6) is -0.859. The van der Waals surface area contributed by atoms with Crippen molar-refractivity contribution in [1.29, 1.82) is 0 Å². The van der Waals surface area contributed by atoms with Crippen molar-refractivity contribution < 1.29 is 14.3 Å². The molecule has 0 bridgehead atoms. The maximum absolute atomic E-state index is 12.4. The molecule has 0 unspecified atom stereocenters. The van der Waals surface area contributed by atoms with Crippen LogP contribution in [0.2, 0.25) is 0 Å². The van der Waals surface area contributed by atoms with Crippen molar-refractivity contribution in [1.82, 2.24) is 10.2 Å². The van der Waals surface area contributed by atoms with E-state index >= 15 is 0 Å². The van der Waals surface area contributed by atoms with Crippen molar-refractivity contribution in [2.24, 2.45) is 0 Å². The van der Waals surface area contributed by atoms with Gasteiger partial charge >= 0.3 is 5.97 Å². The highest BCUT2D eigenvalue weighted by Crippen LogP contribution is 2.22. The smallest absolute Gasteiger partial charge is 0.325 e. The first-order valence-electron chi connectivity index (χ1n) is 6.99. The van der Waals surface area contributed by atoms with E-state index in [2.05, 4.69) is 10.1 Å². The van der Waals surface area contributed by atoms with Crippen molar-refractivity contribution in [3.63, 3.8) is 0 Å². The van der Waals surface area contributed by atoms with Gasteiger partial charge in [-0.2, -0.15) is 0 Å². The zero-order valence-electron chi connectivity index (χ0n) is 12.4. The van der Waals surface area contributed by atoms with Gasteiger partial charge in [0.15, 0.2) is 5.11 Å². The molecular formula is C17H14N2O3S. The first kappa shape index (κ1) is 15.2. The highest BCUT2D eigenvalue weighted by molar-refractivity contribution is 7.80. The van der Waals surface area contributed by atoms with Gasteiger partial charge in [0.25, 0.3) is 5.91 Å². The van der Waals surface area contributed by atoms with Gasteiger partial charge in [0.05, 0.1) is 7.11 Å². The van der Waals surface area contributed by atoms with E-state index in [1.165, 1.54) is 12.0 Å². The van der Waals surface area contributed by atoms with Crippen LogP contribution in [0.3, 0.4) is 0 Å². The number of methoxy groups -OCH3 is 1. The molecule has 2 aromatic rings. The Morgan fingerprint density at radius 1 is 1.26 bits per heavy atom. The Balaban J connectivity index is 1.95. The minimum absolute atomic E-state index is 0.200. The van der Waals surface area contributed by atoms with E-state index in [1.54, 1.807) is 6.08 Å². The highest BCUT2D eigenvalue weighted by Gasteiger charge is 2.32. The topological polar surface area (TPSA) is 58.6 Å². The third-order valence-corrected chi connectivity index (χ3v) is 3.92. The van der Waals surface area contributed by atoms with Crippen LogP contribution in [0.4, 0.5) is 0 Å². The maximum Gasteiger partial charge on any atom is 0.325 e. The Hall–Kier alpha value is -2.73. The lowest BCUT2D eigenvalue weighted by Crippen LogP contribution is -2.35. The molecule has 6 heteroatoms. The van der Waals surface area contributed by atoms with Crippen LogP contribution in [0.1, 0.15) is 5.56 Å². The van der Waals surface area contributed by atoms with E-state index < -0.39 is 5.97 Å². The lowest BCUT2D eigenvalue weighted by atomic mass is 10.0. The molecule has 1 aliphatic heterocycles. The number of hydrogen-bond acceptors (Lipinski definition) is 4. The van der Waals surface area contributed by atoms with Gasteiger partial charge in [0.1, 0.15) is 12.2 Å². The van der Waals surface area contributed by atoms with Crippen molar-refractivity contribution in [3.8, 4) is 0 Å². The predicted molar refractivity (Wildman–Crippen MR) is 91.4 cm³/mol. The van der Waals surface area contributed by atoms with Gasteiger partial charge in [0.2, 0.25) is 0 Å². The average molecular weight is 326 g/mol. The van der Waals surface area contributed by atoms with Crippen molar-refractivity contribution in [3.05, 3.63) is 53.7 Å². The van der Waals surface area contributed by atoms with Crippen LogP contribution in [0.25, 0.3) is 16.8 Å². The molecule has 116 valence electrons. The predicted octanol–water partition coefficient (Wildman–Crippen LogP) is 2.07. The van der Waals surface area contributed by atoms with Gasteiger partial charge in [-0.1, -0.05) is 42.5 Å². The van der Waals surface area contributed by atoms with Crippen molar-refractivity contribution >= 4 is 46.1 Å². The summed E-state index contributed by atoms with van der Waals surface area (Å²) in [7, 11) is 1.27. The number of hydrogen-bond donors (Lipinski definition) is 1. The van der Waals surface area contributed by atoms with Gasteiger partial charge < -0.3 is 10.1 Å². The summed E-state index contributed by atoms with van der Waals surface area (Å²) >= 11 is 5.12. The molecule has 1 amide bonds. The van der Waals surface area contributed by atoms with Crippen LogP contribution in [0.5, 0.6) is 0 Å². The molecule has 1 saturated heterocycles. The number of thiocarbonyl (C=S) groups is 1. The fourth-order valence-electron chi connectivity index (χ4n) is 2.44. The molecule has 5 nitrogen and oxygen atoms in total. The van der Waals surface area contributed by atoms with E-state index in [9.17, 15) is 9.59 Å². The fraction of sp³-hybridized carbons (Fsp3) is 0.118. The molecule has 1 N–H and O–H groups in total. The quantitative estimate of drug-likeness (QED) is 0.532. The number of carbonyl (C=O) groups excluding carboxylic acids is 2. The molecule has 3 rings (SSSR count). The van der Waals surface area contributed by atoms with Crippen LogP contribution in [0, 0.1) is 0 Å². The molecule has 0 saturated carbocycles. The second-order valence-electron chi connectivity index (χ2n) is 5.02. The summed E-state index contributed by atoms with van der Waals surface area (Å²) in [6, 6.07) is 13.8. The first-order chi connectivity index (χ1) is 11.1. The number of amides is 1. The van der Waals surface area contributed by atoms with Gasteiger partial charge in [-0.15, -0.1) is 0 Å². The Labute approximate surface area is 138 Å². The first-order valence-corrected chi connectivity index (χ1v) is 7.40. The summed E-state index contributed by atoms with van der Waals surface area (Å²) in [4.78, 5) is 25.0. The second-order valence-corrected chi connectivity index (χ2v) is 5.41. The molecule has 23 heavy (non-hydrogen) atoms. The summed E-state index contributed by atoms with van der Waals surface area (Å²) < 4.78 is 4.58. The van der Waals surface area contributed by atoms with E-state index in [4.69, 9.17) is 12.2 Å². The van der Waals surface area contributed by atoms with Crippen molar-refractivity contribution in [2.45, 2.75) is 0 Å². The van der Waals surface area contributed by atoms with E-state index in [-0.39, 0.29) is 17.6 Å². The van der Waals surface area contributed by atoms with Crippen molar-refractivity contribution in [2.75, 3.05) is 13.7 Å². The third-order valence-electron chi connectivity index (χ3n) is 3.60. The Morgan fingerprint density at radius 3 is 2.78 bits per heavy atom. The SMILES string of the molecule is COC(=O)CN1C(=O)/C(=C/c2cccc3ccccc23)NC1=S. The molecular weight excluding hydrogens is 312 g/mol. The lowest BCUT2D eigenvalue weighted by Gasteiger charge is -2.11. The van der Waals surface area contributed by atoms with Crippen LogP contribution in [-0.4, -0.2) is 35.5 Å². The number of benzene rings is 2. The molecule has 1 heterocycles. The summed E-state index contributed by atoms with van der Waals surface area (Å²) in [5.41, 5.74) is 1.25. The molecule has 2 aromatic carbocycles. The van der Waals surface area contributed by atoms with Crippen LogP contribution < -0.4 is 5.32 Å². The average Bonchev–Trinajstić information content (AvgIpc) is 2.82. The number of esters is 1. The molecule has 0 aromatic heterocycles. The zero-order valence-corrected chi connectivity index (χ0v) is 13.2. The third kappa shape index (κ3) is 2.93. The number of nitrogens with zero attached hydrogens (tertiary/aromatic N) is 1.